The minimum Gasteiger partial charge on any atom is -0.310 e. The zero-order valence-electron chi connectivity index (χ0n) is 18.0. The van der Waals surface area contributed by atoms with Crippen LogP contribution in [0.25, 0.3) is 11.5 Å². The van der Waals surface area contributed by atoms with Crippen molar-refractivity contribution in [2.45, 2.75) is 32.9 Å². The van der Waals surface area contributed by atoms with Gasteiger partial charge >= 0.3 is 0 Å². The predicted octanol–water partition coefficient (Wildman–Crippen LogP) is 3.89. The van der Waals surface area contributed by atoms with Crippen molar-refractivity contribution in [3.8, 4) is 11.8 Å². The monoisotopic (exact) mass is 449 g/mol. The van der Waals surface area contributed by atoms with Crippen molar-refractivity contribution in [1.29, 1.82) is 5.26 Å². The number of hydrogen-bond donors (Lipinski definition) is 1. The van der Waals surface area contributed by atoms with Crippen LogP contribution in [0.15, 0.2) is 35.5 Å². The van der Waals surface area contributed by atoms with Gasteiger partial charge in [-0.25, -0.2) is 13.9 Å². The Kier molecular flexibility index (Phi) is 5.67. The maximum Gasteiger partial charge on any atom is 0.253 e. The number of carbonyl (C=O) groups excluding carboxylic acids is 1. The van der Waals surface area contributed by atoms with E-state index in [9.17, 15) is 14.4 Å². The fourth-order valence-electron chi connectivity index (χ4n) is 3.48. The Morgan fingerprint density at radius 1 is 1.19 bits per heavy atom. The van der Waals surface area contributed by atoms with Crippen LogP contribution in [0.2, 0.25) is 0 Å². The summed E-state index contributed by atoms with van der Waals surface area (Å²) in [7, 11) is 0. The Balaban J connectivity index is 1.58. The second kappa shape index (κ2) is 8.43. The minimum absolute atomic E-state index is 0.0481. The molecule has 0 atom stereocenters. The lowest BCUT2D eigenvalue weighted by Gasteiger charge is -2.13. The van der Waals surface area contributed by atoms with Crippen LogP contribution >= 0.6 is 11.8 Å². The second-order valence-electron chi connectivity index (χ2n) is 7.34. The molecule has 3 aromatic heterocycles. The van der Waals surface area contributed by atoms with Crippen LogP contribution in [0.3, 0.4) is 0 Å². The number of anilines is 1. The molecule has 4 aromatic rings. The SMILES string of the molecule is Cc1cc(C)n2nc(SCC(=O)Nc3c(C#N)c(C)c(C)n3-c3ccc(F)cc3)nc2n1. The number of nitrogens with zero attached hydrogens (tertiary/aromatic N) is 6. The average Bonchev–Trinajstić information content (AvgIpc) is 3.26. The van der Waals surface area contributed by atoms with E-state index in [1.54, 1.807) is 21.2 Å². The van der Waals surface area contributed by atoms with Crippen molar-refractivity contribution >= 4 is 29.3 Å². The van der Waals surface area contributed by atoms with Gasteiger partial charge in [0, 0.05) is 22.8 Å². The molecule has 1 N–H and O–H groups in total. The van der Waals surface area contributed by atoms with E-state index >= 15 is 0 Å². The first-order valence-corrected chi connectivity index (χ1v) is 10.8. The molecule has 0 spiro atoms. The predicted molar refractivity (Wildman–Crippen MR) is 120 cm³/mol. The average molecular weight is 450 g/mol. The first-order valence-electron chi connectivity index (χ1n) is 9.80. The van der Waals surface area contributed by atoms with Gasteiger partial charge in [0.1, 0.15) is 17.7 Å². The number of nitriles is 1. The van der Waals surface area contributed by atoms with Crippen molar-refractivity contribution in [1.82, 2.24) is 24.1 Å². The molecular weight excluding hydrogens is 429 g/mol. The number of thioether (sulfide) groups is 1. The van der Waals surface area contributed by atoms with E-state index in [-0.39, 0.29) is 17.5 Å². The van der Waals surface area contributed by atoms with Gasteiger partial charge in [-0.1, -0.05) is 11.8 Å². The maximum atomic E-state index is 13.4. The Bertz CT molecular complexity index is 1380. The van der Waals surface area contributed by atoms with Gasteiger partial charge in [-0.2, -0.15) is 10.2 Å². The molecule has 0 unspecified atom stereocenters. The number of rotatable bonds is 5. The summed E-state index contributed by atoms with van der Waals surface area (Å²) in [6.07, 6.45) is 0. The van der Waals surface area contributed by atoms with Gasteiger partial charge in [0.15, 0.2) is 0 Å². The maximum absolute atomic E-state index is 13.4. The Morgan fingerprint density at radius 2 is 1.91 bits per heavy atom. The third kappa shape index (κ3) is 3.94. The van der Waals surface area contributed by atoms with Gasteiger partial charge in [0.25, 0.3) is 5.78 Å². The lowest BCUT2D eigenvalue weighted by Crippen LogP contribution is -2.17. The molecule has 1 aromatic carbocycles. The van der Waals surface area contributed by atoms with E-state index in [1.807, 2.05) is 33.8 Å². The number of amides is 1. The largest absolute Gasteiger partial charge is 0.310 e. The zero-order valence-corrected chi connectivity index (χ0v) is 18.8. The van der Waals surface area contributed by atoms with Gasteiger partial charge in [-0.15, -0.1) is 5.10 Å². The highest BCUT2D eigenvalue weighted by atomic mass is 32.2. The number of fused-ring (bicyclic) bond motifs is 1. The molecule has 3 heterocycles. The lowest BCUT2D eigenvalue weighted by atomic mass is 10.2. The van der Waals surface area contributed by atoms with Crippen molar-refractivity contribution in [2.75, 3.05) is 11.1 Å². The molecule has 0 saturated carbocycles. The van der Waals surface area contributed by atoms with Crippen LogP contribution in [0.1, 0.15) is 28.2 Å². The second-order valence-corrected chi connectivity index (χ2v) is 8.28. The van der Waals surface area contributed by atoms with Crippen LogP contribution in [0, 0.1) is 44.8 Å². The van der Waals surface area contributed by atoms with Crippen LogP contribution < -0.4 is 5.32 Å². The van der Waals surface area contributed by atoms with Crippen molar-refractivity contribution < 1.29 is 9.18 Å². The van der Waals surface area contributed by atoms with Crippen molar-refractivity contribution in [3.63, 3.8) is 0 Å². The molecule has 1 amide bonds. The van der Waals surface area contributed by atoms with Gasteiger partial charge in [0.2, 0.25) is 11.1 Å². The van der Waals surface area contributed by atoms with Gasteiger partial charge in [0.05, 0.1) is 11.3 Å². The number of carbonyl (C=O) groups is 1. The summed E-state index contributed by atoms with van der Waals surface area (Å²) in [5.41, 5.74) is 4.29. The number of aryl methyl sites for hydroxylation is 2. The lowest BCUT2D eigenvalue weighted by molar-refractivity contribution is -0.113. The number of nitrogens with one attached hydrogen (secondary N) is 1. The third-order valence-electron chi connectivity index (χ3n) is 5.10. The van der Waals surface area contributed by atoms with Gasteiger partial charge in [-0.3, -0.25) is 9.36 Å². The molecule has 10 heteroatoms. The van der Waals surface area contributed by atoms with Crippen LogP contribution in [0.4, 0.5) is 10.2 Å². The van der Waals surface area contributed by atoms with Crippen molar-refractivity contribution in [3.05, 3.63) is 64.4 Å². The van der Waals surface area contributed by atoms with Gasteiger partial charge in [-0.05, 0) is 63.6 Å². The van der Waals surface area contributed by atoms with Crippen molar-refractivity contribution in [2.24, 2.45) is 0 Å². The quantitative estimate of drug-likeness (QED) is 0.464. The Labute approximate surface area is 188 Å². The first-order chi connectivity index (χ1) is 15.3. The molecule has 0 aliphatic rings. The number of aromatic nitrogens is 5. The smallest absolute Gasteiger partial charge is 0.253 e. The van der Waals surface area contributed by atoms with Crippen LogP contribution in [0.5, 0.6) is 0 Å². The highest BCUT2D eigenvalue weighted by Gasteiger charge is 2.21. The van der Waals surface area contributed by atoms with E-state index in [0.717, 1.165) is 22.6 Å². The summed E-state index contributed by atoms with van der Waals surface area (Å²) in [5.74, 6) is 0.209. The fourth-order valence-corrected chi connectivity index (χ4v) is 4.10. The molecule has 0 fully saturated rings. The molecular formula is C22H20FN7OS. The van der Waals surface area contributed by atoms with Crippen LogP contribution in [-0.4, -0.2) is 35.8 Å². The van der Waals surface area contributed by atoms with Gasteiger partial charge < -0.3 is 5.32 Å². The zero-order chi connectivity index (χ0) is 23.0. The number of halogens is 1. The third-order valence-corrected chi connectivity index (χ3v) is 5.94. The molecule has 162 valence electrons. The number of benzene rings is 1. The number of hydrogen-bond acceptors (Lipinski definition) is 6. The van der Waals surface area contributed by atoms with E-state index in [2.05, 4.69) is 26.5 Å². The molecule has 0 bridgehead atoms. The Morgan fingerprint density at radius 3 is 2.59 bits per heavy atom. The summed E-state index contributed by atoms with van der Waals surface area (Å²) in [6.45, 7) is 7.46. The molecule has 0 aliphatic heterocycles. The van der Waals surface area contributed by atoms with Crippen LogP contribution in [-0.2, 0) is 4.79 Å². The summed E-state index contributed by atoms with van der Waals surface area (Å²) < 4.78 is 16.8. The molecule has 32 heavy (non-hydrogen) atoms. The highest BCUT2D eigenvalue weighted by molar-refractivity contribution is 7.99. The van der Waals surface area contributed by atoms with E-state index < -0.39 is 0 Å². The molecule has 0 radical (unpaired) electrons. The highest BCUT2D eigenvalue weighted by Crippen LogP contribution is 2.30. The first kappa shape index (κ1) is 21.5. The Hall–Kier alpha value is -3.71. The minimum atomic E-state index is -0.363. The molecule has 8 nitrogen and oxygen atoms in total. The van der Waals surface area contributed by atoms with E-state index in [4.69, 9.17) is 0 Å². The normalized spacial score (nSPS) is 11.0. The summed E-state index contributed by atoms with van der Waals surface area (Å²) in [5, 5.41) is 17.3. The molecule has 0 saturated heterocycles. The topological polar surface area (TPSA) is 101 Å². The standard InChI is InChI=1S/C22H20FN7OS/c1-12-9-13(2)30-21(25-12)27-22(28-30)32-11-19(31)26-20-18(10-24)14(3)15(4)29(20)17-7-5-16(23)6-8-17/h5-9H,11H2,1-4H3,(H,26,31). The fraction of sp³-hybridized carbons (Fsp3) is 0.227. The van der Waals surface area contributed by atoms with E-state index in [1.165, 1.54) is 23.9 Å². The summed E-state index contributed by atoms with van der Waals surface area (Å²) in [4.78, 5) is 21.5. The van der Waals surface area contributed by atoms with E-state index in [0.29, 0.717) is 28.0 Å². The molecule has 0 aliphatic carbocycles. The molecule has 4 rings (SSSR count). The summed E-state index contributed by atoms with van der Waals surface area (Å²) >= 11 is 1.18. The summed E-state index contributed by atoms with van der Waals surface area (Å²) in [6, 6.07) is 9.95.